The highest BCUT2D eigenvalue weighted by atomic mass is 14.8. The van der Waals surface area contributed by atoms with Crippen LogP contribution in [0.25, 0.3) is 0 Å². The van der Waals surface area contributed by atoms with E-state index in [1.165, 1.54) is 0 Å². The zero-order valence-electron chi connectivity index (χ0n) is 11.6. The molecule has 3 aromatic heterocycles. The number of rotatable bonds is 0. The van der Waals surface area contributed by atoms with Gasteiger partial charge in [0.1, 0.15) is 11.4 Å². The van der Waals surface area contributed by atoms with E-state index in [1.807, 2.05) is 24.3 Å². The molecule has 102 valence electrons. The maximum absolute atomic E-state index is 4.36. The summed E-state index contributed by atoms with van der Waals surface area (Å²) in [7, 11) is 0. The lowest BCUT2D eigenvalue weighted by Crippen LogP contribution is -1.90. The maximum Gasteiger partial charge on any atom is 0.133 e. The molecule has 0 aliphatic heterocycles. The third-order valence-corrected chi connectivity index (χ3v) is 2.67. The molecule has 0 N–H and O–H groups in total. The summed E-state index contributed by atoms with van der Waals surface area (Å²) < 4.78 is 0. The number of hydrogen-bond acceptors (Lipinski definition) is 4. The van der Waals surface area contributed by atoms with Crippen molar-refractivity contribution in [2.45, 2.75) is 0 Å². The summed E-state index contributed by atoms with van der Waals surface area (Å²) >= 11 is 0. The van der Waals surface area contributed by atoms with Gasteiger partial charge in [-0.1, -0.05) is 11.8 Å². The fraction of sp³-hybridized carbons (Fsp3) is 0. The molecule has 0 unspecified atom stereocenters. The van der Waals surface area contributed by atoms with Crippen molar-refractivity contribution in [3.63, 3.8) is 0 Å². The van der Waals surface area contributed by atoms with Gasteiger partial charge >= 0.3 is 0 Å². The van der Waals surface area contributed by atoms with Crippen molar-refractivity contribution in [1.29, 1.82) is 0 Å². The normalized spacial score (nSPS) is 9.09. The van der Waals surface area contributed by atoms with Crippen LogP contribution in [0.2, 0.25) is 0 Å². The van der Waals surface area contributed by atoms with Gasteiger partial charge in [-0.15, -0.1) is 0 Å². The minimum absolute atomic E-state index is 0.582. The van der Waals surface area contributed by atoms with E-state index in [9.17, 15) is 0 Å². The van der Waals surface area contributed by atoms with Gasteiger partial charge in [0.2, 0.25) is 0 Å². The number of aromatic nitrogens is 4. The molecule has 0 bridgehead atoms. The Labute approximate surface area is 128 Å². The molecular weight excluding hydrogens is 272 g/mol. The lowest BCUT2D eigenvalue weighted by atomic mass is 10.2. The minimum atomic E-state index is 0.582. The lowest BCUT2D eigenvalue weighted by molar-refractivity contribution is 1.15. The highest BCUT2D eigenvalue weighted by Crippen LogP contribution is 1.98. The third-order valence-electron chi connectivity index (χ3n) is 2.67. The Balaban J connectivity index is 1.82. The van der Waals surface area contributed by atoms with Crippen LogP contribution >= 0.6 is 0 Å². The van der Waals surface area contributed by atoms with Crippen LogP contribution in [0.3, 0.4) is 0 Å². The van der Waals surface area contributed by atoms with Crippen LogP contribution in [0.5, 0.6) is 0 Å². The second kappa shape index (κ2) is 6.78. The van der Waals surface area contributed by atoms with Crippen molar-refractivity contribution in [2.75, 3.05) is 0 Å². The molecule has 4 heteroatoms. The van der Waals surface area contributed by atoms with Gasteiger partial charge in [-0.05, 0) is 36.1 Å². The highest BCUT2D eigenvalue weighted by Gasteiger charge is 1.93. The second-order valence-electron chi connectivity index (χ2n) is 4.26. The van der Waals surface area contributed by atoms with E-state index >= 15 is 0 Å². The average Bonchev–Trinajstić information content (AvgIpc) is 2.60. The van der Waals surface area contributed by atoms with E-state index in [0.717, 1.165) is 11.1 Å². The van der Waals surface area contributed by atoms with Gasteiger partial charge in [0.05, 0.1) is 12.4 Å². The molecule has 4 nitrogen and oxygen atoms in total. The summed E-state index contributed by atoms with van der Waals surface area (Å²) in [6, 6.07) is 7.36. The molecule has 0 radical (unpaired) electrons. The number of nitrogens with zero attached hydrogens (tertiary/aromatic N) is 4. The zero-order valence-corrected chi connectivity index (χ0v) is 11.6. The van der Waals surface area contributed by atoms with E-state index in [4.69, 9.17) is 0 Å². The smallest absolute Gasteiger partial charge is 0.133 e. The van der Waals surface area contributed by atoms with E-state index in [2.05, 4.69) is 43.6 Å². The van der Waals surface area contributed by atoms with Crippen LogP contribution in [-0.4, -0.2) is 19.9 Å². The minimum Gasteiger partial charge on any atom is -0.265 e. The summed E-state index contributed by atoms with van der Waals surface area (Å²) in [5.74, 6) is 12.0. The predicted molar refractivity (Wildman–Crippen MR) is 82.5 cm³/mol. The van der Waals surface area contributed by atoms with E-state index < -0.39 is 0 Å². The van der Waals surface area contributed by atoms with Gasteiger partial charge in [-0.25, -0.2) is 4.98 Å². The standard InChI is InChI=1S/C18H10N4/c1(15-5-9-19-10-6-15)3-17-13-21-14-18(22-17)4-2-16-7-11-20-12-8-16/h5-14H. The van der Waals surface area contributed by atoms with Crippen LogP contribution < -0.4 is 0 Å². The molecular formula is C18H10N4. The fourth-order valence-electron chi connectivity index (χ4n) is 1.63. The molecule has 0 saturated heterocycles. The summed E-state index contributed by atoms with van der Waals surface area (Å²) in [5, 5.41) is 0. The molecule has 22 heavy (non-hydrogen) atoms. The van der Waals surface area contributed by atoms with Crippen LogP contribution in [0.4, 0.5) is 0 Å². The molecule has 3 aromatic rings. The average molecular weight is 282 g/mol. The van der Waals surface area contributed by atoms with E-state index in [-0.39, 0.29) is 0 Å². The Morgan fingerprint density at radius 2 is 1.00 bits per heavy atom. The first kappa shape index (κ1) is 13.5. The molecule has 0 spiro atoms. The van der Waals surface area contributed by atoms with Crippen LogP contribution in [-0.2, 0) is 0 Å². The highest BCUT2D eigenvalue weighted by molar-refractivity contribution is 5.41. The molecule has 0 aliphatic carbocycles. The Bertz CT molecular complexity index is 809. The lowest BCUT2D eigenvalue weighted by Gasteiger charge is -1.92. The first-order valence-corrected chi connectivity index (χ1v) is 6.56. The molecule has 0 fully saturated rings. The van der Waals surface area contributed by atoms with Crippen molar-refractivity contribution in [3.05, 3.63) is 84.0 Å². The summed E-state index contributed by atoms with van der Waals surface area (Å²) in [6.45, 7) is 0. The SMILES string of the molecule is C(#Cc1cncc(C#Cc2ccncc2)n1)c1ccncc1. The molecule has 3 heterocycles. The topological polar surface area (TPSA) is 51.6 Å². The monoisotopic (exact) mass is 282 g/mol. The summed E-state index contributed by atoms with van der Waals surface area (Å²) in [6.07, 6.45) is 10.0. The van der Waals surface area contributed by atoms with Crippen LogP contribution in [0.15, 0.2) is 61.4 Å². The maximum atomic E-state index is 4.36. The van der Waals surface area contributed by atoms with Crippen molar-refractivity contribution in [1.82, 2.24) is 19.9 Å². The van der Waals surface area contributed by atoms with Gasteiger partial charge in [0, 0.05) is 35.9 Å². The molecule has 0 aromatic carbocycles. The van der Waals surface area contributed by atoms with E-state index in [1.54, 1.807) is 37.2 Å². The molecule has 0 saturated carbocycles. The van der Waals surface area contributed by atoms with Crippen molar-refractivity contribution >= 4 is 0 Å². The Kier molecular flexibility index (Phi) is 4.16. The Morgan fingerprint density at radius 1 is 0.545 bits per heavy atom. The zero-order chi connectivity index (χ0) is 15.0. The predicted octanol–water partition coefficient (Wildman–Crippen LogP) is 2.07. The second-order valence-corrected chi connectivity index (χ2v) is 4.26. The molecule has 0 aliphatic rings. The van der Waals surface area contributed by atoms with Crippen molar-refractivity contribution < 1.29 is 0 Å². The van der Waals surface area contributed by atoms with Crippen molar-refractivity contribution in [3.8, 4) is 23.7 Å². The van der Waals surface area contributed by atoms with Crippen LogP contribution in [0.1, 0.15) is 22.5 Å². The van der Waals surface area contributed by atoms with E-state index in [0.29, 0.717) is 11.4 Å². The number of pyridine rings is 2. The third kappa shape index (κ3) is 3.75. The summed E-state index contributed by atoms with van der Waals surface area (Å²) in [4.78, 5) is 16.4. The Morgan fingerprint density at radius 3 is 1.45 bits per heavy atom. The molecule has 3 rings (SSSR count). The molecule has 0 amide bonds. The van der Waals surface area contributed by atoms with Crippen LogP contribution in [0, 0.1) is 23.7 Å². The fourth-order valence-corrected chi connectivity index (χ4v) is 1.63. The van der Waals surface area contributed by atoms with Gasteiger partial charge < -0.3 is 0 Å². The quantitative estimate of drug-likeness (QED) is 0.592. The first-order valence-electron chi connectivity index (χ1n) is 6.56. The van der Waals surface area contributed by atoms with Gasteiger partial charge in [-0.3, -0.25) is 15.0 Å². The Hall–Kier alpha value is -3.50. The summed E-state index contributed by atoms with van der Waals surface area (Å²) in [5.41, 5.74) is 2.92. The first-order chi connectivity index (χ1) is 10.9. The van der Waals surface area contributed by atoms with Crippen molar-refractivity contribution in [2.24, 2.45) is 0 Å². The number of hydrogen-bond donors (Lipinski definition) is 0. The van der Waals surface area contributed by atoms with Gasteiger partial charge in [0.25, 0.3) is 0 Å². The van der Waals surface area contributed by atoms with Gasteiger partial charge in [0.15, 0.2) is 0 Å². The van der Waals surface area contributed by atoms with Gasteiger partial charge in [-0.2, -0.15) is 0 Å². The largest absolute Gasteiger partial charge is 0.265 e. The molecule has 0 atom stereocenters.